The van der Waals surface area contributed by atoms with Gasteiger partial charge in [-0.1, -0.05) is 35.4 Å². The molecule has 0 amide bonds. The molecule has 0 aliphatic rings. The summed E-state index contributed by atoms with van der Waals surface area (Å²) in [6, 6.07) is 13.0. The zero-order valence-electron chi connectivity index (χ0n) is 13.3. The Bertz CT molecular complexity index is 642. The van der Waals surface area contributed by atoms with Crippen molar-refractivity contribution in [2.75, 3.05) is 0 Å². The molecule has 6 heteroatoms. The van der Waals surface area contributed by atoms with E-state index in [4.69, 9.17) is 9.47 Å². The Hall–Kier alpha value is -2.70. The maximum absolute atomic E-state index is 11.8. The van der Waals surface area contributed by atoms with Crippen LogP contribution < -0.4 is 9.47 Å². The van der Waals surface area contributed by atoms with E-state index in [0.717, 1.165) is 11.1 Å². The fourth-order valence-corrected chi connectivity index (χ4v) is 1.82. The van der Waals surface area contributed by atoms with E-state index < -0.39 is 24.1 Å². The lowest BCUT2D eigenvalue weighted by atomic mass is 10.2. The van der Waals surface area contributed by atoms with Crippen molar-refractivity contribution in [1.82, 2.24) is 0 Å². The first-order valence-corrected chi connectivity index (χ1v) is 7.29. The molecule has 0 unspecified atom stereocenters. The molecule has 0 bridgehead atoms. The number of aliphatic hydroxyl groups is 2. The standard InChI is InChI=1S/C18H18O6/c1-11-3-7-13(8-4-11)23-17(21)15(19)16(20)18(22)24-14-9-5-12(2)6-10-14/h3-10,15-16,19-20H,1-2H3/t15-,16-/m1/s1. The molecule has 0 aliphatic carbocycles. The molecule has 0 radical (unpaired) electrons. The summed E-state index contributed by atoms with van der Waals surface area (Å²) in [7, 11) is 0. The van der Waals surface area contributed by atoms with E-state index in [1.807, 2.05) is 13.8 Å². The quantitative estimate of drug-likeness (QED) is 0.638. The SMILES string of the molecule is Cc1ccc(OC(=O)[C@H](O)[C@@H](O)C(=O)Oc2ccc(C)cc2)cc1. The minimum absolute atomic E-state index is 0.198. The number of hydrogen-bond donors (Lipinski definition) is 2. The average molecular weight is 330 g/mol. The lowest BCUT2D eigenvalue weighted by Gasteiger charge is -2.15. The van der Waals surface area contributed by atoms with Crippen LogP contribution in [0.5, 0.6) is 11.5 Å². The lowest BCUT2D eigenvalue weighted by Crippen LogP contribution is -2.43. The molecule has 0 saturated heterocycles. The summed E-state index contributed by atoms with van der Waals surface area (Å²) in [5, 5.41) is 19.5. The molecule has 0 saturated carbocycles. The van der Waals surface area contributed by atoms with Crippen molar-refractivity contribution in [2.24, 2.45) is 0 Å². The van der Waals surface area contributed by atoms with Gasteiger partial charge in [-0.2, -0.15) is 0 Å². The summed E-state index contributed by atoms with van der Waals surface area (Å²) < 4.78 is 9.82. The van der Waals surface area contributed by atoms with Gasteiger partial charge in [-0.15, -0.1) is 0 Å². The number of rotatable bonds is 5. The Morgan fingerprint density at radius 3 is 1.29 bits per heavy atom. The zero-order valence-corrected chi connectivity index (χ0v) is 13.3. The molecule has 0 fully saturated rings. The number of aliphatic hydroxyl groups excluding tert-OH is 2. The third kappa shape index (κ3) is 4.65. The molecule has 0 aliphatic heterocycles. The first kappa shape index (κ1) is 17.7. The highest BCUT2D eigenvalue weighted by atomic mass is 16.6. The number of aryl methyl sites for hydroxylation is 2. The van der Waals surface area contributed by atoms with Crippen LogP contribution in [0.4, 0.5) is 0 Å². The Balaban J connectivity index is 1.95. The van der Waals surface area contributed by atoms with Crippen LogP contribution in [0.15, 0.2) is 48.5 Å². The number of ether oxygens (including phenoxy) is 2. The summed E-state index contributed by atoms with van der Waals surface area (Å²) in [6.07, 6.45) is -4.10. The molecule has 6 nitrogen and oxygen atoms in total. The van der Waals surface area contributed by atoms with Gasteiger partial charge in [0.05, 0.1) is 0 Å². The van der Waals surface area contributed by atoms with Gasteiger partial charge < -0.3 is 19.7 Å². The molecule has 0 spiro atoms. The van der Waals surface area contributed by atoms with Crippen LogP contribution >= 0.6 is 0 Å². The number of carbonyl (C=O) groups is 2. The van der Waals surface area contributed by atoms with E-state index in [1.165, 1.54) is 24.3 Å². The van der Waals surface area contributed by atoms with Gasteiger partial charge in [0.2, 0.25) is 0 Å². The van der Waals surface area contributed by atoms with Crippen LogP contribution in [0.3, 0.4) is 0 Å². The van der Waals surface area contributed by atoms with Crippen molar-refractivity contribution in [3.8, 4) is 11.5 Å². The highest BCUT2D eigenvalue weighted by molar-refractivity contribution is 5.87. The van der Waals surface area contributed by atoms with Crippen LogP contribution in [-0.4, -0.2) is 34.4 Å². The first-order valence-electron chi connectivity index (χ1n) is 7.29. The maximum Gasteiger partial charge on any atom is 0.343 e. The molecule has 0 aromatic heterocycles. The van der Waals surface area contributed by atoms with E-state index >= 15 is 0 Å². The largest absolute Gasteiger partial charge is 0.425 e. The van der Waals surface area contributed by atoms with Crippen molar-refractivity contribution in [3.05, 3.63) is 59.7 Å². The van der Waals surface area contributed by atoms with Crippen molar-refractivity contribution in [3.63, 3.8) is 0 Å². The van der Waals surface area contributed by atoms with Gasteiger partial charge in [-0.3, -0.25) is 0 Å². The fraction of sp³-hybridized carbons (Fsp3) is 0.222. The lowest BCUT2D eigenvalue weighted by molar-refractivity contribution is -0.162. The highest BCUT2D eigenvalue weighted by Gasteiger charge is 2.33. The molecule has 2 aromatic carbocycles. The third-order valence-corrected chi connectivity index (χ3v) is 3.26. The molecule has 126 valence electrons. The van der Waals surface area contributed by atoms with Gasteiger partial charge in [0.25, 0.3) is 0 Å². The van der Waals surface area contributed by atoms with E-state index in [1.54, 1.807) is 24.3 Å². The molecule has 2 N–H and O–H groups in total. The molecular weight excluding hydrogens is 312 g/mol. The number of benzene rings is 2. The van der Waals surface area contributed by atoms with E-state index in [2.05, 4.69) is 0 Å². The van der Waals surface area contributed by atoms with Crippen molar-refractivity contribution >= 4 is 11.9 Å². The average Bonchev–Trinajstić information content (AvgIpc) is 2.57. The number of carbonyl (C=O) groups excluding carboxylic acids is 2. The van der Waals surface area contributed by atoms with Crippen molar-refractivity contribution in [2.45, 2.75) is 26.1 Å². The second-order valence-corrected chi connectivity index (χ2v) is 5.36. The van der Waals surface area contributed by atoms with Crippen molar-refractivity contribution < 1.29 is 29.3 Å². The van der Waals surface area contributed by atoms with E-state index in [0.29, 0.717) is 0 Å². The number of esters is 2. The minimum Gasteiger partial charge on any atom is -0.425 e. The predicted molar refractivity (Wildman–Crippen MR) is 85.6 cm³/mol. The summed E-state index contributed by atoms with van der Waals surface area (Å²) >= 11 is 0. The van der Waals surface area contributed by atoms with Gasteiger partial charge in [0.1, 0.15) is 11.5 Å². The summed E-state index contributed by atoms with van der Waals surface area (Å²) in [6.45, 7) is 3.73. The van der Waals surface area contributed by atoms with Crippen LogP contribution in [0, 0.1) is 13.8 Å². The van der Waals surface area contributed by atoms with Crippen molar-refractivity contribution in [1.29, 1.82) is 0 Å². The molecular formula is C18H18O6. The topological polar surface area (TPSA) is 93.1 Å². The summed E-state index contributed by atoms with van der Waals surface area (Å²) in [5.74, 6) is -1.90. The zero-order chi connectivity index (χ0) is 17.7. The van der Waals surface area contributed by atoms with Crippen LogP contribution in [0.2, 0.25) is 0 Å². The highest BCUT2D eigenvalue weighted by Crippen LogP contribution is 2.15. The minimum atomic E-state index is -2.05. The van der Waals surface area contributed by atoms with Crippen LogP contribution in [-0.2, 0) is 9.59 Å². The number of hydrogen-bond acceptors (Lipinski definition) is 6. The second-order valence-electron chi connectivity index (χ2n) is 5.36. The summed E-state index contributed by atoms with van der Waals surface area (Å²) in [4.78, 5) is 23.6. The Morgan fingerprint density at radius 2 is 1.00 bits per heavy atom. The molecule has 24 heavy (non-hydrogen) atoms. The smallest absolute Gasteiger partial charge is 0.343 e. The Morgan fingerprint density at radius 1 is 0.708 bits per heavy atom. The van der Waals surface area contributed by atoms with E-state index in [-0.39, 0.29) is 11.5 Å². The van der Waals surface area contributed by atoms with Gasteiger partial charge in [0, 0.05) is 0 Å². The predicted octanol–water partition coefficient (Wildman–Crippen LogP) is 1.54. The van der Waals surface area contributed by atoms with Crippen LogP contribution in [0.1, 0.15) is 11.1 Å². The summed E-state index contributed by atoms with van der Waals surface area (Å²) in [5.41, 5.74) is 1.94. The molecule has 0 heterocycles. The molecule has 2 aromatic rings. The van der Waals surface area contributed by atoms with Gasteiger partial charge >= 0.3 is 11.9 Å². The second kappa shape index (κ2) is 7.72. The fourth-order valence-electron chi connectivity index (χ4n) is 1.82. The normalized spacial score (nSPS) is 13.0. The maximum atomic E-state index is 11.8. The van der Waals surface area contributed by atoms with Gasteiger partial charge in [-0.05, 0) is 38.1 Å². The molecule has 2 atom stereocenters. The van der Waals surface area contributed by atoms with E-state index in [9.17, 15) is 19.8 Å². The van der Waals surface area contributed by atoms with Gasteiger partial charge in [0.15, 0.2) is 12.2 Å². The van der Waals surface area contributed by atoms with Gasteiger partial charge in [-0.25, -0.2) is 9.59 Å². The Labute approximate surface area is 139 Å². The monoisotopic (exact) mass is 330 g/mol. The molecule has 2 rings (SSSR count). The first-order chi connectivity index (χ1) is 11.4. The Kier molecular flexibility index (Phi) is 5.68. The third-order valence-electron chi connectivity index (χ3n) is 3.26. The van der Waals surface area contributed by atoms with Crippen LogP contribution in [0.25, 0.3) is 0 Å².